The first-order valence-electron chi connectivity index (χ1n) is 6.56. The standard InChI is InChI=1S/C15H25FN2/c1-5-17-11-15(2,3)12-18(4)10-13-7-6-8-14(16)9-13/h6-9,17H,5,10-12H2,1-4H3. The summed E-state index contributed by atoms with van der Waals surface area (Å²) < 4.78 is 13.1. The maximum Gasteiger partial charge on any atom is 0.123 e. The van der Waals surface area contributed by atoms with Crippen molar-refractivity contribution in [1.29, 1.82) is 0 Å². The van der Waals surface area contributed by atoms with Crippen molar-refractivity contribution in [1.82, 2.24) is 10.2 Å². The second-order valence-electron chi connectivity index (χ2n) is 5.75. The third-order valence-electron chi connectivity index (χ3n) is 2.89. The molecule has 0 spiro atoms. The van der Waals surface area contributed by atoms with Crippen LogP contribution in [0.15, 0.2) is 24.3 Å². The van der Waals surface area contributed by atoms with E-state index in [0.29, 0.717) is 0 Å². The molecule has 0 unspecified atom stereocenters. The minimum Gasteiger partial charge on any atom is -0.316 e. The van der Waals surface area contributed by atoms with Gasteiger partial charge >= 0.3 is 0 Å². The Kier molecular flexibility index (Phi) is 5.76. The minimum absolute atomic E-state index is 0.159. The van der Waals surface area contributed by atoms with E-state index in [4.69, 9.17) is 0 Å². The first-order valence-corrected chi connectivity index (χ1v) is 6.56. The summed E-state index contributed by atoms with van der Waals surface area (Å²) in [5, 5.41) is 3.38. The number of hydrogen-bond donors (Lipinski definition) is 1. The van der Waals surface area contributed by atoms with Crippen LogP contribution in [0.3, 0.4) is 0 Å². The lowest BCUT2D eigenvalue weighted by Gasteiger charge is -2.30. The molecule has 0 radical (unpaired) electrons. The molecule has 0 aliphatic carbocycles. The third kappa shape index (κ3) is 5.61. The zero-order valence-corrected chi connectivity index (χ0v) is 12.0. The highest BCUT2D eigenvalue weighted by Gasteiger charge is 2.19. The van der Waals surface area contributed by atoms with Crippen molar-refractivity contribution in [3.8, 4) is 0 Å². The summed E-state index contributed by atoms with van der Waals surface area (Å²) >= 11 is 0. The van der Waals surface area contributed by atoms with Gasteiger partial charge in [0.15, 0.2) is 0 Å². The van der Waals surface area contributed by atoms with E-state index >= 15 is 0 Å². The Balaban J connectivity index is 2.48. The average Bonchev–Trinajstić information content (AvgIpc) is 2.25. The summed E-state index contributed by atoms with van der Waals surface area (Å²) in [4.78, 5) is 2.24. The van der Waals surface area contributed by atoms with Gasteiger partial charge in [-0.05, 0) is 36.7 Å². The van der Waals surface area contributed by atoms with Crippen LogP contribution in [0, 0.1) is 11.2 Å². The molecule has 1 aromatic rings. The molecule has 2 nitrogen and oxygen atoms in total. The molecular formula is C15H25FN2. The first-order chi connectivity index (χ1) is 8.43. The van der Waals surface area contributed by atoms with Gasteiger partial charge in [0.25, 0.3) is 0 Å². The van der Waals surface area contributed by atoms with Crippen LogP contribution in [-0.2, 0) is 6.54 Å². The van der Waals surface area contributed by atoms with Gasteiger partial charge in [0.2, 0.25) is 0 Å². The van der Waals surface area contributed by atoms with Crippen molar-refractivity contribution in [2.45, 2.75) is 27.3 Å². The van der Waals surface area contributed by atoms with E-state index in [9.17, 15) is 4.39 Å². The predicted octanol–water partition coefficient (Wildman–Crippen LogP) is 2.89. The number of benzene rings is 1. The Bertz CT molecular complexity index is 363. The molecule has 0 aliphatic heterocycles. The maximum absolute atomic E-state index is 13.1. The van der Waals surface area contributed by atoms with E-state index in [0.717, 1.165) is 31.7 Å². The van der Waals surface area contributed by atoms with Crippen LogP contribution < -0.4 is 5.32 Å². The largest absolute Gasteiger partial charge is 0.316 e. The molecule has 1 rings (SSSR count). The Morgan fingerprint density at radius 1 is 1.33 bits per heavy atom. The van der Waals surface area contributed by atoms with Crippen LogP contribution in [0.5, 0.6) is 0 Å². The van der Waals surface area contributed by atoms with Crippen molar-refractivity contribution in [2.75, 3.05) is 26.7 Å². The van der Waals surface area contributed by atoms with Crippen LogP contribution >= 0.6 is 0 Å². The highest BCUT2D eigenvalue weighted by atomic mass is 19.1. The monoisotopic (exact) mass is 252 g/mol. The highest BCUT2D eigenvalue weighted by molar-refractivity contribution is 5.16. The lowest BCUT2D eigenvalue weighted by Crippen LogP contribution is -2.38. The molecule has 0 aromatic heterocycles. The summed E-state index contributed by atoms with van der Waals surface area (Å²) in [6.45, 7) is 10.4. The second-order valence-corrected chi connectivity index (χ2v) is 5.75. The fourth-order valence-electron chi connectivity index (χ4n) is 2.25. The minimum atomic E-state index is -0.159. The van der Waals surface area contributed by atoms with Gasteiger partial charge in [-0.3, -0.25) is 0 Å². The number of nitrogens with one attached hydrogen (secondary N) is 1. The lowest BCUT2D eigenvalue weighted by atomic mass is 9.92. The molecule has 102 valence electrons. The first kappa shape index (κ1) is 15.1. The number of hydrogen-bond acceptors (Lipinski definition) is 2. The molecule has 0 atom stereocenters. The Morgan fingerprint density at radius 2 is 2.06 bits per heavy atom. The lowest BCUT2D eigenvalue weighted by molar-refractivity contribution is 0.199. The summed E-state index contributed by atoms with van der Waals surface area (Å²) in [7, 11) is 2.08. The summed E-state index contributed by atoms with van der Waals surface area (Å²) in [6.07, 6.45) is 0. The molecule has 0 heterocycles. The quantitative estimate of drug-likeness (QED) is 0.802. The molecule has 1 N–H and O–H groups in total. The fraction of sp³-hybridized carbons (Fsp3) is 0.600. The van der Waals surface area contributed by atoms with Gasteiger partial charge in [-0.1, -0.05) is 32.9 Å². The van der Waals surface area contributed by atoms with Crippen molar-refractivity contribution >= 4 is 0 Å². The molecule has 18 heavy (non-hydrogen) atoms. The number of halogens is 1. The van der Waals surface area contributed by atoms with Crippen molar-refractivity contribution in [2.24, 2.45) is 5.41 Å². The zero-order chi connectivity index (χ0) is 13.6. The van der Waals surface area contributed by atoms with E-state index < -0.39 is 0 Å². The van der Waals surface area contributed by atoms with Crippen LogP contribution in [0.2, 0.25) is 0 Å². The third-order valence-corrected chi connectivity index (χ3v) is 2.89. The zero-order valence-electron chi connectivity index (χ0n) is 12.0. The normalized spacial score (nSPS) is 12.1. The van der Waals surface area contributed by atoms with E-state index in [1.165, 1.54) is 6.07 Å². The van der Waals surface area contributed by atoms with Crippen molar-refractivity contribution in [3.63, 3.8) is 0 Å². The fourth-order valence-corrected chi connectivity index (χ4v) is 2.25. The van der Waals surface area contributed by atoms with Gasteiger partial charge in [0, 0.05) is 19.6 Å². The molecular weight excluding hydrogens is 227 g/mol. The molecule has 0 bridgehead atoms. The molecule has 0 fully saturated rings. The Hall–Kier alpha value is -0.930. The van der Waals surface area contributed by atoms with Crippen molar-refractivity contribution < 1.29 is 4.39 Å². The number of rotatable bonds is 7. The molecule has 1 aromatic carbocycles. The van der Waals surface area contributed by atoms with Gasteiger partial charge < -0.3 is 10.2 Å². The Morgan fingerprint density at radius 3 is 2.67 bits per heavy atom. The van der Waals surface area contributed by atoms with Crippen LogP contribution in [-0.4, -0.2) is 31.6 Å². The topological polar surface area (TPSA) is 15.3 Å². The van der Waals surface area contributed by atoms with Gasteiger partial charge in [-0.25, -0.2) is 4.39 Å². The van der Waals surface area contributed by atoms with Crippen LogP contribution in [0.1, 0.15) is 26.3 Å². The summed E-state index contributed by atoms with van der Waals surface area (Å²) in [5.74, 6) is -0.159. The van der Waals surface area contributed by atoms with Gasteiger partial charge in [-0.15, -0.1) is 0 Å². The van der Waals surface area contributed by atoms with Crippen molar-refractivity contribution in [3.05, 3.63) is 35.6 Å². The van der Waals surface area contributed by atoms with E-state index in [1.807, 2.05) is 6.07 Å². The molecule has 0 aliphatic rings. The number of nitrogens with zero attached hydrogens (tertiary/aromatic N) is 1. The highest BCUT2D eigenvalue weighted by Crippen LogP contribution is 2.16. The summed E-state index contributed by atoms with van der Waals surface area (Å²) in [5.41, 5.74) is 1.25. The molecule has 0 saturated carbocycles. The summed E-state index contributed by atoms with van der Waals surface area (Å²) in [6, 6.07) is 6.82. The van der Waals surface area contributed by atoms with E-state index in [-0.39, 0.29) is 11.2 Å². The van der Waals surface area contributed by atoms with Crippen LogP contribution in [0.4, 0.5) is 4.39 Å². The van der Waals surface area contributed by atoms with Gasteiger partial charge in [-0.2, -0.15) is 0 Å². The average molecular weight is 252 g/mol. The molecule has 0 saturated heterocycles. The predicted molar refractivity (Wildman–Crippen MR) is 75.1 cm³/mol. The molecule has 0 amide bonds. The van der Waals surface area contributed by atoms with E-state index in [2.05, 4.69) is 38.0 Å². The van der Waals surface area contributed by atoms with Crippen LogP contribution in [0.25, 0.3) is 0 Å². The van der Waals surface area contributed by atoms with E-state index in [1.54, 1.807) is 12.1 Å². The molecule has 3 heteroatoms. The van der Waals surface area contributed by atoms with Gasteiger partial charge in [0.1, 0.15) is 5.82 Å². The Labute approximate surface area is 110 Å². The maximum atomic E-state index is 13.1. The van der Waals surface area contributed by atoms with Gasteiger partial charge in [0.05, 0.1) is 0 Å². The SMILES string of the molecule is CCNCC(C)(C)CN(C)Cc1cccc(F)c1. The smallest absolute Gasteiger partial charge is 0.123 e. The second kappa shape index (κ2) is 6.86.